The zero-order chi connectivity index (χ0) is 20.8. The molecule has 0 aromatic heterocycles. The molecule has 1 aliphatic heterocycles. The smallest absolute Gasteiger partial charge is 0.254 e. The Balaban J connectivity index is 1.33. The number of benzene rings is 2. The fourth-order valence-electron chi connectivity index (χ4n) is 4.63. The summed E-state index contributed by atoms with van der Waals surface area (Å²) in [5.41, 5.74) is 1.47. The van der Waals surface area contributed by atoms with Gasteiger partial charge >= 0.3 is 0 Å². The van der Waals surface area contributed by atoms with Crippen molar-refractivity contribution in [2.45, 2.75) is 13.0 Å². The van der Waals surface area contributed by atoms with Gasteiger partial charge in [-0.1, -0.05) is 53.6 Å². The quantitative estimate of drug-likeness (QED) is 0.384. The third kappa shape index (κ3) is 3.22. The molecule has 5 nitrogen and oxygen atoms in total. The molecular weight excluding hydrogens is 423 g/mol. The van der Waals surface area contributed by atoms with E-state index in [4.69, 9.17) is 27.9 Å². The summed E-state index contributed by atoms with van der Waals surface area (Å²) in [4.78, 5) is 25.5. The van der Waals surface area contributed by atoms with Gasteiger partial charge in [0.1, 0.15) is 12.4 Å². The maximum absolute atomic E-state index is 12.8. The van der Waals surface area contributed by atoms with Crippen LogP contribution in [0.4, 0.5) is 0 Å². The molecule has 0 radical (unpaired) electrons. The Hall–Kier alpha value is -2.63. The minimum atomic E-state index is -0.261. The van der Waals surface area contributed by atoms with Gasteiger partial charge < -0.3 is 4.74 Å². The molecule has 0 unspecified atom stereocenters. The average molecular weight is 441 g/mol. The zero-order valence-corrected chi connectivity index (χ0v) is 17.4. The van der Waals surface area contributed by atoms with Gasteiger partial charge in [-0.3, -0.25) is 9.59 Å². The number of nitrogens with zero attached hydrogens (tertiary/aromatic N) is 2. The van der Waals surface area contributed by atoms with E-state index in [2.05, 4.69) is 17.3 Å². The summed E-state index contributed by atoms with van der Waals surface area (Å²) in [6, 6.07) is 12.5. The van der Waals surface area contributed by atoms with Crippen molar-refractivity contribution < 1.29 is 14.3 Å². The first-order valence-electron chi connectivity index (χ1n) is 9.79. The van der Waals surface area contributed by atoms with E-state index in [1.807, 2.05) is 24.3 Å². The first-order valence-corrected chi connectivity index (χ1v) is 10.5. The van der Waals surface area contributed by atoms with Crippen molar-refractivity contribution in [3.63, 3.8) is 0 Å². The topological polar surface area (TPSA) is 59.0 Å². The van der Waals surface area contributed by atoms with E-state index in [-0.39, 0.29) is 42.1 Å². The van der Waals surface area contributed by atoms with Gasteiger partial charge in [0.05, 0.1) is 18.1 Å². The number of carbonyl (C=O) groups excluding carboxylic acids is 2. The highest BCUT2D eigenvalue weighted by Crippen LogP contribution is 2.52. The van der Waals surface area contributed by atoms with Crippen LogP contribution in [0.3, 0.4) is 0 Å². The number of ether oxygens (including phenoxy) is 1. The number of para-hydroxylation sites is 1. The predicted octanol–water partition coefficient (Wildman–Crippen LogP) is 4.71. The van der Waals surface area contributed by atoms with Crippen molar-refractivity contribution in [2.24, 2.45) is 28.8 Å². The predicted molar refractivity (Wildman–Crippen MR) is 114 cm³/mol. The summed E-state index contributed by atoms with van der Waals surface area (Å²) < 4.78 is 5.91. The molecule has 5 rings (SSSR count). The van der Waals surface area contributed by atoms with Crippen molar-refractivity contribution in [2.75, 3.05) is 0 Å². The molecule has 30 heavy (non-hydrogen) atoms. The first-order chi connectivity index (χ1) is 14.5. The number of imide groups is 1. The number of allylic oxidation sites excluding steroid dienone is 2. The summed E-state index contributed by atoms with van der Waals surface area (Å²) in [6.07, 6.45) is 6.53. The number of halogens is 2. The molecule has 2 bridgehead atoms. The third-order valence-corrected chi connectivity index (χ3v) is 6.66. The molecule has 4 atom stereocenters. The van der Waals surface area contributed by atoms with E-state index in [0.717, 1.165) is 17.0 Å². The van der Waals surface area contributed by atoms with Crippen LogP contribution >= 0.6 is 23.2 Å². The Kier molecular flexibility index (Phi) is 4.88. The highest BCUT2D eigenvalue weighted by Gasteiger charge is 2.59. The van der Waals surface area contributed by atoms with Crippen molar-refractivity contribution >= 4 is 41.2 Å². The Bertz CT molecular complexity index is 1070. The van der Waals surface area contributed by atoms with E-state index in [0.29, 0.717) is 21.4 Å². The molecular formula is C23H18Cl2N2O3. The summed E-state index contributed by atoms with van der Waals surface area (Å²) in [6.45, 7) is 0.252. The van der Waals surface area contributed by atoms with Gasteiger partial charge in [0.25, 0.3) is 11.8 Å². The minimum absolute atomic E-state index is 0.163. The van der Waals surface area contributed by atoms with Gasteiger partial charge in [-0.2, -0.15) is 10.1 Å². The van der Waals surface area contributed by atoms with Crippen LogP contribution in [0.1, 0.15) is 17.5 Å². The summed E-state index contributed by atoms with van der Waals surface area (Å²) >= 11 is 12.1. The normalized spacial score (nSPS) is 26.8. The second-order valence-electron chi connectivity index (χ2n) is 7.79. The molecule has 152 valence electrons. The highest BCUT2D eigenvalue weighted by molar-refractivity contribution is 6.35. The second-order valence-corrected chi connectivity index (χ2v) is 8.64. The van der Waals surface area contributed by atoms with Crippen LogP contribution < -0.4 is 4.74 Å². The molecule has 1 saturated heterocycles. The van der Waals surface area contributed by atoms with Crippen LogP contribution in [0.2, 0.25) is 10.0 Å². The van der Waals surface area contributed by atoms with Crippen LogP contribution in [0.5, 0.6) is 5.75 Å². The van der Waals surface area contributed by atoms with Crippen LogP contribution in [-0.4, -0.2) is 23.0 Å². The molecule has 1 heterocycles. The number of carbonyl (C=O) groups is 2. The molecule has 0 spiro atoms. The number of rotatable bonds is 5. The molecule has 1 saturated carbocycles. The summed E-state index contributed by atoms with van der Waals surface area (Å²) in [7, 11) is 0. The summed E-state index contributed by atoms with van der Waals surface area (Å²) in [5.74, 6) is -0.0265. The van der Waals surface area contributed by atoms with Gasteiger partial charge in [-0.25, -0.2) is 0 Å². The number of fused-ring (bicyclic) bond motifs is 5. The minimum Gasteiger partial charge on any atom is -0.488 e. The van der Waals surface area contributed by atoms with Gasteiger partial charge in [-0.05, 0) is 42.5 Å². The lowest BCUT2D eigenvalue weighted by Crippen LogP contribution is -2.28. The Morgan fingerprint density at radius 3 is 2.43 bits per heavy atom. The van der Waals surface area contributed by atoms with Gasteiger partial charge in [0.2, 0.25) is 0 Å². The lowest BCUT2D eigenvalue weighted by atomic mass is 9.85. The molecule has 2 aromatic rings. The van der Waals surface area contributed by atoms with E-state index >= 15 is 0 Å². The average Bonchev–Trinajstić information content (AvgIpc) is 3.41. The number of amides is 2. The van der Waals surface area contributed by atoms with Crippen LogP contribution in [0, 0.1) is 23.7 Å². The number of hydrazone groups is 1. The van der Waals surface area contributed by atoms with Gasteiger partial charge in [0, 0.05) is 21.2 Å². The van der Waals surface area contributed by atoms with E-state index in [1.54, 1.807) is 18.2 Å². The maximum atomic E-state index is 12.8. The van der Waals surface area contributed by atoms with Gasteiger partial charge in [0.15, 0.2) is 0 Å². The van der Waals surface area contributed by atoms with Crippen molar-refractivity contribution in [3.8, 4) is 5.75 Å². The molecule has 0 N–H and O–H groups in total. The maximum Gasteiger partial charge on any atom is 0.254 e. The molecule has 2 aliphatic carbocycles. The first kappa shape index (κ1) is 19.3. The molecule has 2 fully saturated rings. The third-order valence-electron chi connectivity index (χ3n) is 6.08. The van der Waals surface area contributed by atoms with Crippen molar-refractivity contribution in [1.82, 2.24) is 5.01 Å². The van der Waals surface area contributed by atoms with Crippen molar-refractivity contribution in [1.29, 1.82) is 0 Å². The standard InChI is InChI=1S/C23H18Cl2N2O3/c24-17-8-7-16(18(25)10-17)12-30-19-4-2-1-3-15(19)11-26-27-22(28)20-13-5-6-14(9-13)21(20)23(27)29/h1-8,10-11,13-14,20-21H,9,12H2/b26-11-/t13-,14-,20-,21-/m0/s1. The second kappa shape index (κ2) is 7.56. The van der Waals surface area contributed by atoms with Gasteiger partial charge in [-0.15, -0.1) is 0 Å². The molecule has 2 amide bonds. The van der Waals surface area contributed by atoms with Crippen molar-refractivity contribution in [3.05, 3.63) is 75.8 Å². The Labute approximate surface area is 183 Å². The highest BCUT2D eigenvalue weighted by atomic mass is 35.5. The Morgan fingerprint density at radius 2 is 1.73 bits per heavy atom. The van der Waals surface area contributed by atoms with E-state index in [1.165, 1.54) is 6.21 Å². The fraction of sp³-hybridized carbons (Fsp3) is 0.261. The Morgan fingerprint density at radius 1 is 1.03 bits per heavy atom. The molecule has 7 heteroatoms. The monoisotopic (exact) mass is 440 g/mol. The largest absolute Gasteiger partial charge is 0.488 e. The lowest BCUT2D eigenvalue weighted by molar-refractivity contribution is -0.140. The van der Waals surface area contributed by atoms with Crippen LogP contribution in [0.25, 0.3) is 0 Å². The fourth-order valence-corrected chi connectivity index (χ4v) is 5.10. The van der Waals surface area contributed by atoms with Crippen LogP contribution in [-0.2, 0) is 16.2 Å². The number of hydrogen-bond donors (Lipinski definition) is 0. The number of hydrogen-bond acceptors (Lipinski definition) is 4. The van der Waals surface area contributed by atoms with Crippen LogP contribution in [0.15, 0.2) is 59.7 Å². The van der Waals surface area contributed by atoms with E-state index in [9.17, 15) is 9.59 Å². The zero-order valence-electron chi connectivity index (χ0n) is 15.9. The summed E-state index contributed by atoms with van der Waals surface area (Å²) in [5, 5.41) is 6.36. The lowest BCUT2D eigenvalue weighted by Gasteiger charge is -2.13. The molecule has 2 aromatic carbocycles. The van der Waals surface area contributed by atoms with E-state index < -0.39 is 0 Å². The molecule has 3 aliphatic rings. The SMILES string of the molecule is O=C1[C@@H]2[C@@H](C(=O)N1/N=C\c1ccccc1OCc1ccc(Cl)cc1Cl)[C@H]1C=C[C@H]2C1.